The van der Waals surface area contributed by atoms with E-state index in [-0.39, 0.29) is 0 Å². The topological polar surface area (TPSA) is 79.8 Å². The smallest absolute Gasteiger partial charge is 0.140 e. The standard InChI is InChI=1S/C49H30N6/c50-29-37-23-17-35(31-52-37)33-19-25-39(26-20-33)54-45-13-5-1-9-41(45)49(42-10-2-6-14-46(42)54)43-11-3-7-15-47(43)55(48-16-8-4-12-44(48)49)40-27-21-34(22-28-40)36-18-24-38(30-51)53-32-36/h1-28,31-32H. The van der Waals surface area contributed by atoms with Crippen LogP contribution in [0.1, 0.15) is 33.6 Å². The quantitative estimate of drug-likeness (QED) is 0.182. The molecule has 2 aliphatic heterocycles. The Morgan fingerprint density at radius 3 is 0.964 bits per heavy atom. The second-order valence-corrected chi connectivity index (χ2v) is 13.7. The molecule has 0 N–H and O–H groups in total. The SMILES string of the molecule is N#Cc1ccc(-c2ccc(N3c4ccccc4C4(c5ccccc53)c3ccccc3N(c3ccc(-c5ccc(C#N)nc5)cc3)c3ccccc34)cc2)cn1. The number of rotatable bonds is 4. The van der Waals surface area contributed by atoms with E-state index in [4.69, 9.17) is 0 Å². The molecule has 55 heavy (non-hydrogen) atoms. The van der Waals surface area contributed by atoms with Crippen LogP contribution in [0.3, 0.4) is 0 Å². The zero-order chi connectivity index (χ0) is 36.9. The normalized spacial score (nSPS) is 13.1. The molecule has 0 amide bonds. The van der Waals surface area contributed by atoms with E-state index in [0.717, 1.165) is 56.4 Å². The number of benzene rings is 6. The highest BCUT2D eigenvalue weighted by atomic mass is 15.2. The predicted molar refractivity (Wildman–Crippen MR) is 217 cm³/mol. The summed E-state index contributed by atoms with van der Waals surface area (Å²) in [6.45, 7) is 0. The van der Waals surface area contributed by atoms with Crippen molar-refractivity contribution in [2.45, 2.75) is 5.41 Å². The maximum absolute atomic E-state index is 9.23. The number of aromatic nitrogens is 2. The summed E-state index contributed by atoms with van der Waals surface area (Å²) >= 11 is 0. The molecule has 0 radical (unpaired) electrons. The molecule has 6 nitrogen and oxygen atoms in total. The van der Waals surface area contributed by atoms with E-state index in [0.29, 0.717) is 11.4 Å². The molecule has 6 aromatic carbocycles. The first-order valence-corrected chi connectivity index (χ1v) is 18.1. The first-order valence-electron chi connectivity index (χ1n) is 18.1. The Hall–Kier alpha value is -7.80. The lowest BCUT2D eigenvalue weighted by atomic mass is 9.60. The maximum atomic E-state index is 9.23. The molecular weight excluding hydrogens is 673 g/mol. The number of hydrogen-bond acceptors (Lipinski definition) is 6. The van der Waals surface area contributed by atoms with E-state index in [1.807, 2.05) is 12.1 Å². The first-order chi connectivity index (χ1) is 27.2. The van der Waals surface area contributed by atoms with Crippen molar-refractivity contribution in [1.29, 1.82) is 10.5 Å². The van der Waals surface area contributed by atoms with E-state index in [9.17, 15) is 10.5 Å². The summed E-state index contributed by atoms with van der Waals surface area (Å²) in [5.41, 5.74) is 15.6. The van der Waals surface area contributed by atoms with E-state index in [2.05, 4.69) is 177 Å². The molecule has 10 rings (SSSR count). The maximum Gasteiger partial charge on any atom is 0.140 e. The summed E-state index contributed by atoms with van der Waals surface area (Å²) in [4.78, 5) is 13.3. The fourth-order valence-corrected chi connectivity index (χ4v) is 8.50. The van der Waals surface area contributed by atoms with Gasteiger partial charge < -0.3 is 9.80 Å². The van der Waals surface area contributed by atoms with Gasteiger partial charge in [0.1, 0.15) is 23.5 Å². The molecule has 0 unspecified atom stereocenters. The average molecular weight is 703 g/mol. The Labute approximate surface area is 319 Å². The van der Waals surface area contributed by atoms with Gasteiger partial charge in [0.15, 0.2) is 0 Å². The van der Waals surface area contributed by atoms with Gasteiger partial charge >= 0.3 is 0 Å². The summed E-state index contributed by atoms with van der Waals surface area (Å²) < 4.78 is 0. The van der Waals surface area contributed by atoms with Crippen LogP contribution in [0.5, 0.6) is 0 Å². The van der Waals surface area contributed by atoms with Crippen LogP contribution < -0.4 is 9.80 Å². The highest BCUT2D eigenvalue weighted by Crippen LogP contribution is 2.63. The van der Waals surface area contributed by atoms with E-state index in [1.54, 1.807) is 24.5 Å². The lowest BCUT2D eigenvalue weighted by Gasteiger charge is -2.51. The second-order valence-electron chi connectivity index (χ2n) is 13.7. The van der Waals surface area contributed by atoms with E-state index < -0.39 is 5.41 Å². The second kappa shape index (κ2) is 12.7. The van der Waals surface area contributed by atoms with Gasteiger partial charge in [-0.15, -0.1) is 0 Å². The molecule has 0 fully saturated rings. The van der Waals surface area contributed by atoms with Gasteiger partial charge in [0.05, 0.1) is 28.2 Å². The van der Waals surface area contributed by atoms with Crippen LogP contribution in [0.4, 0.5) is 34.1 Å². The minimum absolute atomic E-state index is 0.403. The third kappa shape index (κ3) is 4.87. The molecule has 2 aliphatic rings. The van der Waals surface area contributed by atoms with Crippen molar-refractivity contribution in [1.82, 2.24) is 9.97 Å². The minimum atomic E-state index is -0.616. The number of nitrogens with zero attached hydrogens (tertiary/aromatic N) is 6. The van der Waals surface area contributed by atoms with Crippen molar-refractivity contribution in [2.24, 2.45) is 0 Å². The third-order valence-corrected chi connectivity index (χ3v) is 10.9. The molecule has 6 heteroatoms. The zero-order valence-electron chi connectivity index (χ0n) is 29.5. The largest absolute Gasteiger partial charge is 0.310 e. The fourth-order valence-electron chi connectivity index (χ4n) is 8.50. The highest BCUT2D eigenvalue weighted by molar-refractivity contribution is 5.96. The summed E-state index contributed by atoms with van der Waals surface area (Å²) in [7, 11) is 0. The van der Waals surface area contributed by atoms with Gasteiger partial charge in [-0.3, -0.25) is 0 Å². The van der Waals surface area contributed by atoms with Gasteiger partial charge in [-0.2, -0.15) is 10.5 Å². The number of para-hydroxylation sites is 4. The number of nitriles is 2. The molecule has 0 saturated heterocycles. The molecule has 256 valence electrons. The van der Waals surface area contributed by atoms with Crippen LogP contribution in [0.2, 0.25) is 0 Å². The molecule has 0 bridgehead atoms. The Kier molecular flexibility index (Phi) is 7.37. The number of hydrogen-bond donors (Lipinski definition) is 0. The van der Waals surface area contributed by atoms with Crippen LogP contribution in [-0.4, -0.2) is 9.97 Å². The Balaban J connectivity index is 1.14. The zero-order valence-corrected chi connectivity index (χ0v) is 29.5. The van der Waals surface area contributed by atoms with Gasteiger partial charge in [-0.25, -0.2) is 9.97 Å². The predicted octanol–water partition coefficient (Wildman–Crippen LogP) is 11.5. The van der Waals surface area contributed by atoms with Crippen LogP contribution in [0.25, 0.3) is 22.3 Å². The van der Waals surface area contributed by atoms with Crippen molar-refractivity contribution in [3.05, 3.63) is 216 Å². The van der Waals surface area contributed by atoms with E-state index >= 15 is 0 Å². The Bertz CT molecular complexity index is 2530. The van der Waals surface area contributed by atoms with Crippen LogP contribution in [-0.2, 0) is 5.41 Å². The van der Waals surface area contributed by atoms with Crippen molar-refractivity contribution in [3.63, 3.8) is 0 Å². The monoisotopic (exact) mass is 702 g/mol. The summed E-state index contributed by atoms with van der Waals surface area (Å²) in [6.07, 6.45) is 3.51. The van der Waals surface area contributed by atoms with Crippen LogP contribution in [0.15, 0.2) is 182 Å². The van der Waals surface area contributed by atoms with Gasteiger partial charge in [0.2, 0.25) is 0 Å². The fraction of sp³-hybridized carbons (Fsp3) is 0.0204. The highest BCUT2D eigenvalue weighted by Gasteiger charge is 2.51. The third-order valence-electron chi connectivity index (χ3n) is 10.9. The van der Waals surface area contributed by atoms with E-state index in [1.165, 1.54) is 22.3 Å². The molecule has 2 aromatic heterocycles. The number of pyridine rings is 2. The summed E-state index contributed by atoms with van der Waals surface area (Å²) in [5, 5.41) is 18.5. The Morgan fingerprint density at radius 1 is 0.364 bits per heavy atom. The number of anilines is 6. The van der Waals surface area contributed by atoms with Gasteiger partial charge in [0, 0.05) is 34.9 Å². The van der Waals surface area contributed by atoms with Crippen molar-refractivity contribution in [3.8, 4) is 34.4 Å². The van der Waals surface area contributed by atoms with Crippen molar-refractivity contribution >= 4 is 34.1 Å². The molecule has 1 spiro atoms. The molecule has 0 atom stereocenters. The minimum Gasteiger partial charge on any atom is -0.310 e. The Morgan fingerprint density at radius 2 is 0.673 bits per heavy atom. The molecule has 0 aliphatic carbocycles. The first kappa shape index (κ1) is 31.9. The lowest BCUT2D eigenvalue weighted by molar-refractivity contribution is 0.719. The number of fused-ring (bicyclic) bond motifs is 8. The molecule has 8 aromatic rings. The molecule has 0 saturated carbocycles. The van der Waals surface area contributed by atoms with Gasteiger partial charge in [0.25, 0.3) is 0 Å². The van der Waals surface area contributed by atoms with Crippen LogP contribution >= 0.6 is 0 Å². The molecular formula is C49H30N6. The van der Waals surface area contributed by atoms with Crippen molar-refractivity contribution in [2.75, 3.05) is 9.80 Å². The van der Waals surface area contributed by atoms with Crippen LogP contribution in [0, 0.1) is 22.7 Å². The average Bonchev–Trinajstić information content (AvgIpc) is 3.27. The molecule has 4 heterocycles. The van der Waals surface area contributed by atoms with Gasteiger partial charge in [-0.1, -0.05) is 97.1 Å². The van der Waals surface area contributed by atoms with Crippen molar-refractivity contribution < 1.29 is 0 Å². The summed E-state index contributed by atoms with van der Waals surface area (Å²) in [5.74, 6) is 0. The van der Waals surface area contributed by atoms with Gasteiger partial charge in [-0.05, 0) is 106 Å². The summed E-state index contributed by atoms with van der Waals surface area (Å²) in [6, 6.07) is 64.0. The lowest BCUT2D eigenvalue weighted by Crippen LogP contribution is -2.41.